The molecule has 2 bridgehead atoms. The zero-order valence-electron chi connectivity index (χ0n) is 25.3. The first-order valence-electron chi connectivity index (χ1n) is 15.2. The molecule has 0 N–H and O–H groups in total. The molecule has 1 saturated heterocycles. The average molecular weight is 623 g/mol. The Morgan fingerprint density at radius 3 is 2.48 bits per heavy atom. The number of piperazine rings is 1. The molecule has 4 aliphatic rings. The molecule has 2 fully saturated rings. The predicted molar refractivity (Wildman–Crippen MR) is 164 cm³/mol. The van der Waals surface area contributed by atoms with Gasteiger partial charge in [0.05, 0.1) is 10.6 Å². The number of hydrogen-bond donors (Lipinski definition) is 0. The second-order valence-corrected chi connectivity index (χ2v) is 13.2. The van der Waals surface area contributed by atoms with Gasteiger partial charge in [0, 0.05) is 51.4 Å². The van der Waals surface area contributed by atoms with E-state index in [9.17, 15) is 18.4 Å². The number of carbonyl (C=O) groups excluding carboxylic acids is 2. The summed E-state index contributed by atoms with van der Waals surface area (Å²) in [5.41, 5.74) is 2.30. The van der Waals surface area contributed by atoms with Crippen LogP contribution in [0.3, 0.4) is 0 Å². The Hall–Kier alpha value is -3.56. The number of hydrogen-bond acceptors (Lipinski definition) is 5. The third-order valence-electron chi connectivity index (χ3n) is 9.96. The Bertz CT molecular complexity index is 1570. The van der Waals surface area contributed by atoms with Crippen LogP contribution in [-0.4, -0.2) is 77.5 Å². The van der Waals surface area contributed by atoms with Gasteiger partial charge < -0.3 is 14.3 Å². The van der Waals surface area contributed by atoms with E-state index < -0.39 is 5.82 Å². The number of benzene rings is 2. The number of carbonyl (C=O) groups is 2. The average Bonchev–Trinajstić information content (AvgIpc) is 3.39. The number of amides is 2. The number of halogens is 3. The van der Waals surface area contributed by atoms with Crippen LogP contribution in [-0.2, 0) is 0 Å². The highest BCUT2D eigenvalue weighted by Crippen LogP contribution is 2.59. The fraction of sp³-hybridized carbons (Fsp3) is 0.441. The van der Waals surface area contributed by atoms with Crippen LogP contribution < -0.4 is 0 Å². The summed E-state index contributed by atoms with van der Waals surface area (Å²) in [6.07, 6.45) is 4.43. The third-order valence-corrected chi connectivity index (χ3v) is 10.3. The highest BCUT2D eigenvalue weighted by Gasteiger charge is 2.51. The fourth-order valence-electron chi connectivity index (χ4n) is 7.02. The van der Waals surface area contributed by atoms with Crippen molar-refractivity contribution in [3.05, 3.63) is 87.7 Å². The smallest absolute Gasteiger partial charge is 0.260 e. The second-order valence-electron chi connectivity index (χ2n) is 12.7. The van der Waals surface area contributed by atoms with Gasteiger partial charge in [-0.3, -0.25) is 14.5 Å². The Morgan fingerprint density at radius 1 is 1.09 bits per heavy atom. The number of allylic oxidation sites excluding steroid dienone is 1. The lowest BCUT2D eigenvalue weighted by atomic mass is 9.49. The molecule has 2 aromatic carbocycles. The van der Waals surface area contributed by atoms with Crippen LogP contribution in [0.25, 0.3) is 11.3 Å². The van der Waals surface area contributed by atoms with Crippen molar-refractivity contribution in [2.45, 2.75) is 33.6 Å². The standard InChI is InChI=1S/C34H37ClF2N4O3/c1-21-29(31(38-44-21)30-27(35)5-4-6-28(30)37)33(43)41(20-23-7-10-24-19-26(23)34(24,2)3)18-15-39-13-16-40(17-14-39)32(42)22-8-11-25(36)12-9-22/h4-9,11-12,24,26H,10,13-20H2,1-3H3. The molecule has 232 valence electrons. The molecule has 7 rings (SSSR count). The summed E-state index contributed by atoms with van der Waals surface area (Å²) < 4.78 is 33.7. The molecule has 0 radical (unpaired) electrons. The van der Waals surface area contributed by atoms with Crippen LogP contribution in [0.2, 0.25) is 5.02 Å². The van der Waals surface area contributed by atoms with Crippen LogP contribution in [0.15, 0.2) is 58.6 Å². The van der Waals surface area contributed by atoms with Crippen LogP contribution in [0, 0.1) is 35.8 Å². The fourth-order valence-corrected chi connectivity index (χ4v) is 7.27. The Balaban J connectivity index is 1.20. The highest BCUT2D eigenvalue weighted by atomic mass is 35.5. The van der Waals surface area contributed by atoms with Gasteiger partial charge in [0.1, 0.15) is 28.7 Å². The molecule has 1 aliphatic heterocycles. The molecule has 3 aliphatic carbocycles. The molecule has 1 saturated carbocycles. The van der Waals surface area contributed by atoms with E-state index in [0.29, 0.717) is 69.0 Å². The van der Waals surface area contributed by atoms with Gasteiger partial charge in [-0.2, -0.15) is 0 Å². The Morgan fingerprint density at radius 2 is 1.82 bits per heavy atom. The summed E-state index contributed by atoms with van der Waals surface area (Å²) in [5.74, 6) is 0.0602. The minimum atomic E-state index is -0.572. The van der Waals surface area contributed by atoms with Gasteiger partial charge in [-0.25, -0.2) is 8.78 Å². The maximum Gasteiger partial charge on any atom is 0.260 e. The lowest BCUT2D eigenvalue weighted by molar-refractivity contribution is -0.0105. The first-order chi connectivity index (χ1) is 21.0. The molecular weight excluding hydrogens is 586 g/mol. The lowest BCUT2D eigenvalue weighted by Gasteiger charge is -2.57. The molecule has 10 heteroatoms. The number of aromatic nitrogens is 1. The van der Waals surface area contributed by atoms with Gasteiger partial charge in [0.2, 0.25) is 0 Å². The summed E-state index contributed by atoms with van der Waals surface area (Å²) in [7, 11) is 0. The van der Waals surface area contributed by atoms with Crippen molar-refractivity contribution >= 4 is 23.4 Å². The van der Waals surface area contributed by atoms with Crippen molar-refractivity contribution < 1.29 is 22.9 Å². The monoisotopic (exact) mass is 622 g/mol. The van der Waals surface area contributed by atoms with Crippen molar-refractivity contribution in [1.82, 2.24) is 19.9 Å². The molecule has 1 aromatic heterocycles. The Kier molecular flexibility index (Phi) is 8.37. The second kappa shape index (κ2) is 12.1. The summed E-state index contributed by atoms with van der Waals surface area (Å²) in [6.45, 7) is 10.2. The highest BCUT2D eigenvalue weighted by molar-refractivity contribution is 6.33. The van der Waals surface area contributed by atoms with Gasteiger partial charge in [-0.1, -0.05) is 48.3 Å². The Labute approximate surface area is 261 Å². The zero-order valence-corrected chi connectivity index (χ0v) is 26.0. The molecular formula is C34H37ClF2N4O3. The van der Waals surface area contributed by atoms with Crippen molar-refractivity contribution in [2.24, 2.45) is 17.3 Å². The molecule has 7 nitrogen and oxygen atoms in total. The maximum absolute atomic E-state index is 15.0. The first-order valence-corrected chi connectivity index (χ1v) is 15.6. The number of rotatable bonds is 8. The van der Waals surface area contributed by atoms with E-state index >= 15 is 0 Å². The first kappa shape index (κ1) is 30.5. The summed E-state index contributed by atoms with van der Waals surface area (Å²) >= 11 is 6.38. The van der Waals surface area contributed by atoms with Gasteiger partial charge in [-0.15, -0.1) is 0 Å². The van der Waals surface area contributed by atoms with Crippen molar-refractivity contribution in [1.29, 1.82) is 0 Å². The SMILES string of the molecule is Cc1onc(-c2c(F)cccc2Cl)c1C(=O)N(CCN1CCN(C(=O)c2ccc(F)cc2)CC1)CC1=CCC2CC1C2(C)C. The largest absolute Gasteiger partial charge is 0.360 e. The van der Waals surface area contributed by atoms with E-state index in [4.69, 9.17) is 16.1 Å². The van der Waals surface area contributed by atoms with Crippen molar-refractivity contribution in [3.63, 3.8) is 0 Å². The van der Waals surface area contributed by atoms with Gasteiger partial charge in [0.25, 0.3) is 11.8 Å². The van der Waals surface area contributed by atoms with E-state index in [1.54, 1.807) is 17.9 Å². The molecule has 2 unspecified atom stereocenters. The van der Waals surface area contributed by atoms with Crippen LogP contribution in [0.1, 0.15) is 53.2 Å². The topological polar surface area (TPSA) is 69.9 Å². The van der Waals surface area contributed by atoms with E-state index in [-0.39, 0.29) is 44.9 Å². The van der Waals surface area contributed by atoms with Crippen molar-refractivity contribution in [3.8, 4) is 11.3 Å². The van der Waals surface area contributed by atoms with Crippen molar-refractivity contribution in [2.75, 3.05) is 45.8 Å². The van der Waals surface area contributed by atoms with Gasteiger partial charge in [0.15, 0.2) is 0 Å². The van der Waals surface area contributed by atoms with Crippen LogP contribution in [0.4, 0.5) is 8.78 Å². The number of nitrogens with zero attached hydrogens (tertiary/aromatic N) is 4. The number of fused-ring (bicyclic) bond motifs is 1. The molecule has 3 aromatic rings. The summed E-state index contributed by atoms with van der Waals surface area (Å²) in [4.78, 5) is 33.1. The van der Waals surface area contributed by atoms with E-state index in [2.05, 4.69) is 30.0 Å². The van der Waals surface area contributed by atoms with E-state index in [1.807, 2.05) is 4.90 Å². The quantitative estimate of drug-likeness (QED) is 0.269. The summed E-state index contributed by atoms with van der Waals surface area (Å²) in [5, 5.41) is 4.23. The van der Waals surface area contributed by atoms with Crippen LogP contribution in [0.5, 0.6) is 0 Å². The van der Waals surface area contributed by atoms with Gasteiger partial charge in [-0.05, 0) is 73.4 Å². The van der Waals surface area contributed by atoms with Gasteiger partial charge >= 0.3 is 0 Å². The molecule has 44 heavy (non-hydrogen) atoms. The minimum Gasteiger partial charge on any atom is -0.360 e. The zero-order chi connectivity index (χ0) is 31.2. The predicted octanol–water partition coefficient (Wildman–Crippen LogP) is 6.47. The molecule has 2 heterocycles. The minimum absolute atomic E-state index is 0.0520. The van der Waals surface area contributed by atoms with E-state index in [0.717, 1.165) is 12.8 Å². The number of aryl methyl sites for hydroxylation is 1. The molecule has 2 atom stereocenters. The van der Waals surface area contributed by atoms with Crippen LogP contribution >= 0.6 is 11.6 Å². The van der Waals surface area contributed by atoms with E-state index in [1.165, 1.54) is 42.0 Å². The molecule has 0 spiro atoms. The lowest BCUT2D eigenvalue weighted by Crippen LogP contribution is -2.52. The normalized spacial score (nSPS) is 21.0. The summed E-state index contributed by atoms with van der Waals surface area (Å²) in [6, 6.07) is 9.98. The maximum atomic E-state index is 15.0. The molecule has 2 amide bonds. The third kappa shape index (κ3) is 5.68.